The number of carbonyl (C=O) groups is 1. The average Bonchev–Trinajstić information content (AvgIpc) is 2.95. The van der Waals surface area contributed by atoms with E-state index in [2.05, 4.69) is 29.1 Å². The molecule has 0 spiro atoms. The predicted octanol–water partition coefficient (Wildman–Crippen LogP) is 0.865. The van der Waals surface area contributed by atoms with Crippen LogP contribution in [0.15, 0.2) is 27.2 Å². The summed E-state index contributed by atoms with van der Waals surface area (Å²) < 4.78 is 1.30. The monoisotopic (exact) mass is 336 g/mol. The molecular formula is C15H20N4O3S. The van der Waals surface area contributed by atoms with E-state index in [-0.39, 0.29) is 18.9 Å². The van der Waals surface area contributed by atoms with Crippen molar-refractivity contribution in [1.82, 2.24) is 19.9 Å². The number of hydrogen-bond acceptors (Lipinski definition) is 5. The zero-order valence-electron chi connectivity index (χ0n) is 13.2. The van der Waals surface area contributed by atoms with E-state index in [9.17, 15) is 14.4 Å². The lowest BCUT2D eigenvalue weighted by Gasteiger charge is -2.06. The van der Waals surface area contributed by atoms with Crippen LogP contribution in [-0.2, 0) is 17.8 Å². The zero-order chi connectivity index (χ0) is 16.8. The molecule has 2 rings (SSSR count). The van der Waals surface area contributed by atoms with Gasteiger partial charge in [0, 0.05) is 49.5 Å². The highest BCUT2D eigenvalue weighted by Crippen LogP contribution is 2.19. The van der Waals surface area contributed by atoms with E-state index in [1.54, 1.807) is 11.3 Å². The number of thiazole rings is 1. The lowest BCUT2D eigenvalue weighted by molar-refractivity contribution is -0.121. The molecule has 0 aliphatic heterocycles. The molecule has 2 N–H and O–H groups in total. The molecule has 2 heterocycles. The zero-order valence-corrected chi connectivity index (χ0v) is 14.0. The SMILES string of the molecule is CC(C)c1nc(CCNC(=O)CCn2ccc(=O)[nH]c2=O)cs1. The number of aromatic amines is 1. The predicted molar refractivity (Wildman–Crippen MR) is 88.9 cm³/mol. The highest BCUT2D eigenvalue weighted by molar-refractivity contribution is 7.09. The van der Waals surface area contributed by atoms with Crippen molar-refractivity contribution in [1.29, 1.82) is 0 Å². The van der Waals surface area contributed by atoms with Crippen molar-refractivity contribution < 1.29 is 4.79 Å². The van der Waals surface area contributed by atoms with Gasteiger partial charge in [-0.1, -0.05) is 13.8 Å². The van der Waals surface area contributed by atoms with Crippen LogP contribution in [0.3, 0.4) is 0 Å². The topological polar surface area (TPSA) is 96.8 Å². The third kappa shape index (κ3) is 5.17. The smallest absolute Gasteiger partial charge is 0.328 e. The van der Waals surface area contributed by atoms with E-state index in [1.165, 1.54) is 16.8 Å². The molecule has 124 valence electrons. The van der Waals surface area contributed by atoms with Crippen molar-refractivity contribution >= 4 is 17.2 Å². The molecule has 0 bridgehead atoms. The molecule has 0 radical (unpaired) electrons. The van der Waals surface area contributed by atoms with E-state index < -0.39 is 11.2 Å². The van der Waals surface area contributed by atoms with Crippen LogP contribution >= 0.6 is 11.3 Å². The molecule has 0 aromatic carbocycles. The van der Waals surface area contributed by atoms with Crippen LogP contribution in [0.1, 0.15) is 36.9 Å². The fourth-order valence-corrected chi connectivity index (χ4v) is 2.83. The first-order valence-electron chi connectivity index (χ1n) is 7.46. The van der Waals surface area contributed by atoms with E-state index >= 15 is 0 Å². The van der Waals surface area contributed by atoms with Crippen LogP contribution in [0.25, 0.3) is 0 Å². The van der Waals surface area contributed by atoms with Crippen LogP contribution in [0, 0.1) is 0 Å². The molecule has 0 unspecified atom stereocenters. The summed E-state index contributed by atoms with van der Waals surface area (Å²) in [5.41, 5.74) is 0.0320. The summed E-state index contributed by atoms with van der Waals surface area (Å²) in [6.07, 6.45) is 2.25. The third-order valence-corrected chi connectivity index (χ3v) is 4.44. The van der Waals surface area contributed by atoms with Crippen molar-refractivity contribution in [2.24, 2.45) is 0 Å². The van der Waals surface area contributed by atoms with Gasteiger partial charge in [0.15, 0.2) is 0 Å². The summed E-state index contributed by atoms with van der Waals surface area (Å²) in [4.78, 5) is 40.9. The number of nitrogens with zero attached hydrogens (tertiary/aromatic N) is 2. The summed E-state index contributed by atoms with van der Waals surface area (Å²) in [6.45, 7) is 4.95. The highest BCUT2D eigenvalue weighted by atomic mass is 32.1. The standard InChI is InChI=1S/C15H20N4O3S/c1-10(2)14-17-11(9-23-14)3-6-16-12(20)4-7-19-8-5-13(21)18-15(19)22/h5,8-10H,3-4,6-7H2,1-2H3,(H,16,20)(H,18,21,22). The Kier molecular flexibility index (Phi) is 5.86. The first kappa shape index (κ1) is 17.1. The molecule has 0 aliphatic carbocycles. The van der Waals surface area contributed by atoms with Crippen LogP contribution in [0.4, 0.5) is 0 Å². The maximum absolute atomic E-state index is 11.8. The van der Waals surface area contributed by atoms with Crippen LogP contribution in [0.5, 0.6) is 0 Å². The summed E-state index contributed by atoms with van der Waals surface area (Å²) in [6, 6.07) is 1.26. The number of nitrogens with one attached hydrogen (secondary N) is 2. The molecular weight excluding hydrogens is 316 g/mol. The number of carbonyl (C=O) groups excluding carboxylic acids is 1. The van der Waals surface area contributed by atoms with Crippen LogP contribution in [0.2, 0.25) is 0 Å². The molecule has 23 heavy (non-hydrogen) atoms. The Hall–Kier alpha value is -2.22. The number of hydrogen-bond donors (Lipinski definition) is 2. The molecule has 1 amide bonds. The molecule has 0 atom stereocenters. The number of rotatable bonds is 7. The summed E-state index contributed by atoms with van der Waals surface area (Å²) in [7, 11) is 0. The van der Waals surface area contributed by atoms with Crippen molar-refractivity contribution in [3.05, 3.63) is 49.2 Å². The van der Waals surface area contributed by atoms with Gasteiger partial charge in [0.05, 0.1) is 10.7 Å². The second-order valence-electron chi connectivity index (χ2n) is 5.49. The Morgan fingerprint density at radius 2 is 2.22 bits per heavy atom. The van der Waals surface area contributed by atoms with Gasteiger partial charge in [-0.15, -0.1) is 11.3 Å². The van der Waals surface area contributed by atoms with E-state index in [4.69, 9.17) is 0 Å². The average molecular weight is 336 g/mol. The normalized spacial score (nSPS) is 10.9. The molecule has 7 nitrogen and oxygen atoms in total. The second kappa shape index (κ2) is 7.87. The van der Waals surface area contributed by atoms with Crippen LogP contribution < -0.4 is 16.6 Å². The van der Waals surface area contributed by atoms with Gasteiger partial charge >= 0.3 is 5.69 Å². The van der Waals surface area contributed by atoms with Crippen molar-refractivity contribution in [2.75, 3.05) is 6.54 Å². The van der Waals surface area contributed by atoms with E-state index in [1.807, 2.05) is 5.38 Å². The molecule has 0 fully saturated rings. The third-order valence-electron chi connectivity index (χ3n) is 3.24. The minimum Gasteiger partial charge on any atom is -0.356 e. The number of amides is 1. The van der Waals surface area contributed by atoms with Gasteiger partial charge in [-0.3, -0.25) is 14.6 Å². The largest absolute Gasteiger partial charge is 0.356 e. The van der Waals surface area contributed by atoms with Crippen molar-refractivity contribution in [3.63, 3.8) is 0 Å². The number of aryl methyl sites for hydroxylation is 1. The van der Waals surface area contributed by atoms with Gasteiger partial charge < -0.3 is 9.88 Å². The highest BCUT2D eigenvalue weighted by Gasteiger charge is 2.07. The molecule has 0 aliphatic rings. The number of aromatic nitrogens is 3. The van der Waals surface area contributed by atoms with E-state index in [0.29, 0.717) is 18.9 Å². The Balaban J connectivity index is 1.74. The Morgan fingerprint density at radius 3 is 2.87 bits per heavy atom. The summed E-state index contributed by atoms with van der Waals surface area (Å²) in [5.74, 6) is 0.279. The quantitative estimate of drug-likeness (QED) is 0.784. The van der Waals surface area contributed by atoms with Gasteiger partial charge in [0.1, 0.15) is 0 Å². The van der Waals surface area contributed by atoms with Crippen molar-refractivity contribution in [2.45, 2.75) is 39.2 Å². The minimum absolute atomic E-state index is 0.137. The first-order chi connectivity index (χ1) is 11.0. The molecule has 2 aromatic rings. The number of H-pyrrole nitrogens is 1. The van der Waals surface area contributed by atoms with Gasteiger partial charge in [-0.05, 0) is 0 Å². The Morgan fingerprint density at radius 1 is 1.43 bits per heavy atom. The lowest BCUT2D eigenvalue weighted by Crippen LogP contribution is -2.31. The summed E-state index contributed by atoms with van der Waals surface area (Å²) >= 11 is 1.64. The van der Waals surface area contributed by atoms with E-state index in [0.717, 1.165) is 10.7 Å². The maximum atomic E-state index is 11.8. The fourth-order valence-electron chi connectivity index (χ4n) is 1.96. The van der Waals surface area contributed by atoms with Crippen LogP contribution in [-0.4, -0.2) is 27.0 Å². The summed E-state index contributed by atoms with van der Waals surface area (Å²) in [5, 5.41) is 5.93. The fraction of sp³-hybridized carbons (Fsp3) is 0.467. The molecule has 2 aromatic heterocycles. The lowest BCUT2D eigenvalue weighted by atomic mass is 10.2. The maximum Gasteiger partial charge on any atom is 0.328 e. The second-order valence-corrected chi connectivity index (χ2v) is 6.37. The molecule has 0 saturated heterocycles. The Labute approximate surface area is 137 Å². The van der Waals surface area contributed by atoms with Gasteiger partial charge in [-0.2, -0.15) is 0 Å². The van der Waals surface area contributed by atoms with Gasteiger partial charge in [-0.25, -0.2) is 9.78 Å². The Bertz CT molecular complexity index is 775. The van der Waals surface area contributed by atoms with Gasteiger partial charge in [0.25, 0.3) is 5.56 Å². The van der Waals surface area contributed by atoms with Gasteiger partial charge in [0.2, 0.25) is 5.91 Å². The first-order valence-corrected chi connectivity index (χ1v) is 8.34. The molecule has 0 saturated carbocycles. The molecule has 8 heteroatoms. The van der Waals surface area contributed by atoms with Crippen molar-refractivity contribution in [3.8, 4) is 0 Å². The minimum atomic E-state index is -0.506.